The number of benzene rings is 1. The van der Waals surface area contributed by atoms with Crippen LogP contribution in [-0.2, 0) is 0 Å². The summed E-state index contributed by atoms with van der Waals surface area (Å²) >= 11 is 0. The summed E-state index contributed by atoms with van der Waals surface area (Å²) in [6, 6.07) is 7.71. The molecule has 4 nitrogen and oxygen atoms in total. The molecule has 0 saturated heterocycles. The fourth-order valence-corrected chi connectivity index (χ4v) is 2.26. The van der Waals surface area contributed by atoms with E-state index in [2.05, 4.69) is 24.1 Å². The molecule has 0 atom stereocenters. The third-order valence-corrected chi connectivity index (χ3v) is 3.88. The van der Waals surface area contributed by atoms with Crippen molar-refractivity contribution in [3.63, 3.8) is 0 Å². The Bertz CT molecular complexity index is 556. The number of hydrogen-bond donors (Lipinski definition) is 3. The summed E-state index contributed by atoms with van der Waals surface area (Å²) in [6.07, 6.45) is 3.43. The van der Waals surface area contributed by atoms with E-state index in [1.165, 1.54) is 0 Å². The van der Waals surface area contributed by atoms with Gasteiger partial charge in [0.05, 0.1) is 29.0 Å². The van der Waals surface area contributed by atoms with Crippen molar-refractivity contribution in [2.24, 2.45) is 0 Å². The molecule has 0 aliphatic heterocycles. The van der Waals surface area contributed by atoms with Crippen LogP contribution in [0.5, 0.6) is 0 Å². The van der Waals surface area contributed by atoms with Crippen molar-refractivity contribution < 1.29 is 5.11 Å². The Morgan fingerprint density at radius 2 is 2.00 bits per heavy atom. The summed E-state index contributed by atoms with van der Waals surface area (Å²) < 4.78 is 0. The molecule has 4 N–H and O–H groups in total. The van der Waals surface area contributed by atoms with E-state index in [9.17, 15) is 5.11 Å². The maximum absolute atomic E-state index is 9.63. The summed E-state index contributed by atoms with van der Waals surface area (Å²) in [5.74, 6) is 0. The zero-order chi connectivity index (χ0) is 13.9. The van der Waals surface area contributed by atoms with Crippen LogP contribution in [0.25, 0.3) is 10.9 Å². The van der Waals surface area contributed by atoms with Crippen LogP contribution in [0, 0.1) is 0 Å². The van der Waals surface area contributed by atoms with Crippen LogP contribution in [0.3, 0.4) is 0 Å². The molecule has 0 aliphatic carbocycles. The molecule has 2 aromatic rings. The molecule has 0 radical (unpaired) electrons. The van der Waals surface area contributed by atoms with Gasteiger partial charge in [-0.2, -0.15) is 0 Å². The molecule has 1 aromatic heterocycles. The lowest BCUT2D eigenvalue weighted by atomic mass is 9.93. The van der Waals surface area contributed by atoms with E-state index in [4.69, 9.17) is 5.73 Å². The average molecular weight is 259 g/mol. The van der Waals surface area contributed by atoms with Gasteiger partial charge in [0.1, 0.15) is 0 Å². The number of nitrogens with one attached hydrogen (secondary N) is 1. The summed E-state index contributed by atoms with van der Waals surface area (Å²) in [7, 11) is 0. The normalized spacial score (nSPS) is 11.7. The largest absolute Gasteiger partial charge is 0.397 e. The molecular weight excluding hydrogens is 238 g/mol. The van der Waals surface area contributed by atoms with Gasteiger partial charge in [0, 0.05) is 11.6 Å². The van der Waals surface area contributed by atoms with Gasteiger partial charge in [-0.15, -0.1) is 0 Å². The van der Waals surface area contributed by atoms with Crippen molar-refractivity contribution in [2.75, 3.05) is 17.7 Å². The maximum Gasteiger partial charge on any atom is 0.0724 e. The molecule has 102 valence electrons. The van der Waals surface area contributed by atoms with E-state index >= 15 is 0 Å². The van der Waals surface area contributed by atoms with Crippen LogP contribution >= 0.6 is 0 Å². The van der Waals surface area contributed by atoms with Crippen LogP contribution in [0.15, 0.2) is 30.5 Å². The minimum atomic E-state index is -0.315. The summed E-state index contributed by atoms with van der Waals surface area (Å²) in [5.41, 5.74) is 8.32. The van der Waals surface area contributed by atoms with Crippen molar-refractivity contribution in [1.82, 2.24) is 4.98 Å². The van der Waals surface area contributed by atoms with Gasteiger partial charge in [0.15, 0.2) is 0 Å². The van der Waals surface area contributed by atoms with Gasteiger partial charge >= 0.3 is 0 Å². The first-order chi connectivity index (χ1) is 9.15. The van der Waals surface area contributed by atoms with Crippen molar-refractivity contribution in [2.45, 2.75) is 32.2 Å². The molecule has 1 aromatic carbocycles. The number of aromatic nitrogens is 1. The van der Waals surface area contributed by atoms with Gasteiger partial charge in [-0.25, -0.2) is 0 Å². The lowest BCUT2D eigenvalue weighted by Gasteiger charge is -2.32. The second kappa shape index (κ2) is 5.45. The Hall–Kier alpha value is -1.81. The van der Waals surface area contributed by atoms with Crippen LogP contribution < -0.4 is 11.1 Å². The highest BCUT2D eigenvalue weighted by Gasteiger charge is 2.25. The van der Waals surface area contributed by atoms with E-state index < -0.39 is 0 Å². The van der Waals surface area contributed by atoms with Crippen molar-refractivity contribution in [3.05, 3.63) is 30.5 Å². The third kappa shape index (κ3) is 2.49. The number of hydrogen-bond acceptors (Lipinski definition) is 4. The number of nitrogen functional groups attached to an aromatic ring is 1. The zero-order valence-corrected chi connectivity index (χ0v) is 11.5. The van der Waals surface area contributed by atoms with Crippen LogP contribution in [0.1, 0.15) is 26.7 Å². The fourth-order valence-electron chi connectivity index (χ4n) is 2.26. The number of aliphatic hydroxyl groups excluding tert-OH is 1. The van der Waals surface area contributed by atoms with Crippen molar-refractivity contribution in [1.29, 1.82) is 0 Å². The molecule has 0 fully saturated rings. The highest BCUT2D eigenvalue weighted by Crippen LogP contribution is 2.31. The SMILES string of the molecule is CCC(CC)(CO)Nc1ccc2ncccc2c1N. The van der Waals surface area contributed by atoms with E-state index in [0.717, 1.165) is 29.4 Å². The number of nitrogens with two attached hydrogens (primary N) is 1. The zero-order valence-electron chi connectivity index (χ0n) is 11.5. The Balaban J connectivity index is 2.43. The molecule has 0 saturated carbocycles. The van der Waals surface area contributed by atoms with Gasteiger partial charge < -0.3 is 16.2 Å². The highest BCUT2D eigenvalue weighted by molar-refractivity contribution is 5.96. The van der Waals surface area contributed by atoms with Crippen LogP contribution in [-0.4, -0.2) is 22.2 Å². The Morgan fingerprint density at radius 1 is 1.26 bits per heavy atom. The third-order valence-electron chi connectivity index (χ3n) is 3.88. The van der Waals surface area contributed by atoms with E-state index in [1.807, 2.05) is 24.3 Å². The minimum absolute atomic E-state index is 0.0878. The van der Waals surface area contributed by atoms with Crippen molar-refractivity contribution in [3.8, 4) is 0 Å². The second-order valence-electron chi connectivity index (χ2n) is 4.87. The summed E-state index contributed by atoms with van der Waals surface area (Å²) in [4.78, 5) is 4.28. The number of aliphatic hydroxyl groups is 1. The van der Waals surface area contributed by atoms with Crippen LogP contribution in [0.2, 0.25) is 0 Å². The fraction of sp³-hybridized carbons (Fsp3) is 0.400. The Kier molecular flexibility index (Phi) is 3.90. The van der Waals surface area contributed by atoms with Gasteiger partial charge in [-0.1, -0.05) is 13.8 Å². The molecule has 2 rings (SSSR count). The summed E-state index contributed by atoms with van der Waals surface area (Å²) in [5, 5.41) is 14.0. The maximum atomic E-state index is 9.63. The Morgan fingerprint density at radius 3 is 2.63 bits per heavy atom. The monoisotopic (exact) mass is 259 g/mol. The van der Waals surface area contributed by atoms with Crippen LogP contribution in [0.4, 0.5) is 11.4 Å². The number of fused-ring (bicyclic) bond motifs is 1. The van der Waals surface area contributed by atoms with E-state index in [1.54, 1.807) is 6.20 Å². The number of anilines is 2. The molecule has 0 unspecified atom stereocenters. The van der Waals surface area contributed by atoms with E-state index in [0.29, 0.717) is 5.69 Å². The highest BCUT2D eigenvalue weighted by atomic mass is 16.3. The molecular formula is C15H21N3O. The van der Waals surface area contributed by atoms with Gasteiger partial charge in [-0.3, -0.25) is 4.98 Å². The molecule has 0 amide bonds. The van der Waals surface area contributed by atoms with Crippen molar-refractivity contribution >= 4 is 22.3 Å². The predicted molar refractivity (Wildman–Crippen MR) is 80.2 cm³/mol. The predicted octanol–water partition coefficient (Wildman–Crippen LogP) is 2.78. The molecule has 0 spiro atoms. The molecule has 0 aliphatic rings. The first-order valence-electron chi connectivity index (χ1n) is 6.68. The quantitative estimate of drug-likeness (QED) is 0.722. The van der Waals surface area contributed by atoms with Gasteiger partial charge in [0.2, 0.25) is 0 Å². The minimum Gasteiger partial charge on any atom is -0.397 e. The number of nitrogens with zero attached hydrogens (tertiary/aromatic N) is 1. The lowest BCUT2D eigenvalue weighted by molar-refractivity contribution is 0.202. The first kappa shape index (κ1) is 13.6. The van der Waals surface area contributed by atoms with Gasteiger partial charge in [-0.05, 0) is 37.1 Å². The second-order valence-corrected chi connectivity index (χ2v) is 4.87. The smallest absolute Gasteiger partial charge is 0.0724 e. The molecule has 19 heavy (non-hydrogen) atoms. The summed E-state index contributed by atoms with van der Waals surface area (Å²) in [6.45, 7) is 4.21. The van der Waals surface area contributed by atoms with E-state index in [-0.39, 0.29) is 12.1 Å². The average Bonchev–Trinajstić information content (AvgIpc) is 2.48. The standard InChI is InChI=1S/C15H21N3O/c1-3-15(4-2,10-19)18-13-8-7-12-11(14(13)16)6-5-9-17-12/h5-9,18-19H,3-4,10,16H2,1-2H3. The molecule has 4 heteroatoms. The van der Waals surface area contributed by atoms with Gasteiger partial charge in [0.25, 0.3) is 0 Å². The topological polar surface area (TPSA) is 71.2 Å². The number of rotatable bonds is 5. The lowest BCUT2D eigenvalue weighted by Crippen LogP contribution is -2.41. The molecule has 0 bridgehead atoms. The number of pyridine rings is 1. The Labute approximate surface area is 113 Å². The molecule has 1 heterocycles. The first-order valence-corrected chi connectivity index (χ1v) is 6.68.